The fourth-order valence-corrected chi connectivity index (χ4v) is 4.27. The topological polar surface area (TPSA) is 66.5 Å². The highest BCUT2D eigenvalue weighted by molar-refractivity contribution is 7.12. The van der Waals surface area contributed by atoms with Gasteiger partial charge in [0, 0.05) is 33.0 Å². The van der Waals surface area contributed by atoms with Gasteiger partial charge in [-0.1, -0.05) is 30.3 Å². The summed E-state index contributed by atoms with van der Waals surface area (Å²) >= 11 is 1.40. The second-order valence-corrected chi connectivity index (χ2v) is 8.10. The summed E-state index contributed by atoms with van der Waals surface area (Å²) in [6.45, 7) is 1.11. The summed E-state index contributed by atoms with van der Waals surface area (Å²) in [4.78, 5) is 38.9. The molecule has 1 aromatic carbocycles. The van der Waals surface area contributed by atoms with Crippen LogP contribution in [0.15, 0.2) is 41.8 Å². The van der Waals surface area contributed by atoms with E-state index in [0.29, 0.717) is 24.4 Å². The molecule has 0 saturated heterocycles. The predicted molar refractivity (Wildman–Crippen MR) is 111 cm³/mol. The molecule has 5 nitrogen and oxygen atoms in total. The number of rotatable bonds is 9. The van der Waals surface area contributed by atoms with Crippen LogP contribution in [0.1, 0.15) is 52.4 Å². The van der Waals surface area contributed by atoms with Crippen LogP contribution in [0.4, 0.5) is 0 Å². The van der Waals surface area contributed by atoms with Crippen LogP contribution in [0.3, 0.4) is 0 Å². The van der Waals surface area contributed by atoms with Gasteiger partial charge in [0.1, 0.15) is 0 Å². The Balaban J connectivity index is 1.34. The number of thiophene rings is 1. The van der Waals surface area contributed by atoms with Gasteiger partial charge in [0.25, 0.3) is 0 Å². The van der Waals surface area contributed by atoms with Gasteiger partial charge in [0.05, 0.1) is 10.8 Å². The lowest BCUT2D eigenvalue weighted by atomic mass is 10.0. The van der Waals surface area contributed by atoms with Crippen molar-refractivity contribution in [3.8, 4) is 0 Å². The van der Waals surface area contributed by atoms with E-state index in [4.69, 9.17) is 0 Å². The molecule has 0 spiro atoms. The van der Waals surface area contributed by atoms with E-state index in [9.17, 15) is 14.4 Å². The SMILES string of the molecule is CN(CCCNC(=O)[C@@H]1CCc2ccccc21)C(=O)CCC(=O)c1cccs1. The first-order chi connectivity index (χ1) is 13.6. The average molecular weight is 399 g/mol. The molecule has 1 N–H and O–H groups in total. The molecule has 0 fully saturated rings. The lowest BCUT2D eigenvalue weighted by Gasteiger charge is -2.18. The van der Waals surface area contributed by atoms with E-state index in [-0.39, 0.29) is 36.4 Å². The third kappa shape index (κ3) is 5.07. The first kappa shape index (κ1) is 20.3. The molecule has 0 aliphatic heterocycles. The third-order valence-corrected chi connectivity index (χ3v) is 6.12. The van der Waals surface area contributed by atoms with E-state index < -0.39 is 0 Å². The third-order valence-electron chi connectivity index (χ3n) is 5.21. The standard InChI is InChI=1S/C22H26N2O3S/c1-24(21(26)12-11-19(25)20-8-4-15-28-20)14-5-13-23-22(27)18-10-9-16-6-2-3-7-17(16)18/h2-4,6-8,15,18H,5,9-14H2,1H3,(H,23,27)/t18-/m1/s1. The molecule has 1 aliphatic rings. The van der Waals surface area contributed by atoms with Crippen molar-refractivity contribution in [3.63, 3.8) is 0 Å². The molecular formula is C22H26N2O3S. The Morgan fingerprint density at radius 1 is 1.14 bits per heavy atom. The maximum absolute atomic E-state index is 12.4. The molecule has 0 unspecified atom stereocenters. The first-order valence-corrected chi connectivity index (χ1v) is 10.6. The Morgan fingerprint density at radius 2 is 1.96 bits per heavy atom. The van der Waals surface area contributed by atoms with Crippen LogP contribution in [0.2, 0.25) is 0 Å². The number of fused-ring (bicyclic) bond motifs is 1. The summed E-state index contributed by atoms with van der Waals surface area (Å²) in [6, 6.07) is 11.7. The van der Waals surface area contributed by atoms with Crippen molar-refractivity contribution in [1.82, 2.24) is 10.2 Å². The summed E-state index contributed by atoms with van der Waals surface area (Å²) in [5.41, 5.74) is 2.41. The minimum Gasteiger partial charge on any atom is -0.356 e. The number of carbonyl (C=O) groups is 3. The van der Waals surface area contributed by atoms with E-state index in [1.54, 1.807) is 18.0 Å². The molecule has 0 bridgehead atoms. The molecule has 28 heavy (non-hydrogen) atoms. The number of hydrogen-bond donors (Lipinski definition) is 1. The largest absolute Gasteiger partial charge is 0.356 e. The molecule has 1 atom stereocenters. The number of nitrogens with zero attached hydrogens (tertiary/aromatic N) is 1. The summed E-state index contributed by atoms with van der Waals surface area (Å²) in [7, 11) is 1.74. The zero-order valence-corrected chi connectivity index (χ0v) is 17.0. The van der Waals surface area contributed by atoms with E-state index in [0.717, 1.165) is 18.4 Å². The van der Waals surface area contributed by atoms with Gasteiger partial charge in [-0.3, -0.25) is 14.4 Å². The van der Waals surface area contributed by atoms with Crippen LogP contribution in [-0.4, -0.2) is 42.6 Å². The van der Waals surface area contributed by atoms with Crippen LogP contribution >= 0.6 is 11.3 Å². The number of nitrogens with one attached hydrogen (secondary N) is 1. The average Bonchev–Trinajstić information content (AvgIpc) is 3.38. The zero-order valence-electron chi connectivity index (χ0n) is 16.1. The molecular weight excluding hydrogens is 372 g/mol. The summed E-state index contributed by atoms with van der Waals surface area (Å²) in [5, 5.41) is 4.86. The van der Waals surface area contributed by atoms with Gasteiger partial charge in [-0.15, -0.1) is 11.3 Å². The van der Waals surface area contributed by atoms with E-state index in [2.05, 4.69) is 11.4 Å². The molecule has 1 heterocycles. The van der Waals surface area contributed by atoms with Crippen molar-refractivity contribution in [2.75, 3.05) is 20.1 Å². The van der Waals surface area contributed by atoms with Crippen molar-refractivity contribution in [2.45, 2.75) is 38.0 Å². The normalized spacial score (nSPS) is 15.1. The maximum Gasteiger partial charge on any atom is 0.227 e. The lowest BCUT2D eigenvalue weighted by molar-refractivity contribution is -0.129. The Bertz CT molecular complexity index is 832. The Hall–Kier alpha value is -2.47. The highest BCUT2D eigenvalue weighted by atomic mass is 32.1. The minimum absolute atomic E-state index is 0.0147. The van der Waals surface area contributed by atoms with Gasteiger partial charge < -0.3 is 10.2 Å². The van der Waals surface area contributed by atoms with E-state index in [1.165, 1.54) is 16.9 Å². The van der Waals surface area contributed by atoms with Crippen LogP contribution in [-0.2, 0) is 16.0 Å². The molecule has 0 saturated carbocycles. The van der Waals surface area contributed by atoms with Crippen molar-refractivity contribution in [2.24, 2.45) is 0 Å². The number of aryl methyl sites for hydroxylation is 1. The lowest BCUT2D eigenvalue weighted by Crippen LogP contribution is -2.33. The molecule has 2 aromatic rings. The first-order valence-electron chi connectivity index (χ1n) is 9.72. The van der Waals surface area contributed by atoms with Crippen molar-refractivity contribution in [1.29, 1.82) is 0 Å². The van der Waals surface area contributed by atoms with Gasteiger partial charge >= 0.3 is 0 Å². The highest BCUT2D eigenvalue weighted by Crippen LogP contribution is 2.32. The van der Waals surface area contributed by atoms with Gasteiger partial charge in [0.2, 0.25) is 11.8 Å². The molecule has 3 rings (SSSR count). The Labute approximate surface area is 169 Å². The van der Waals surface area contributed by atoms with Crippen LogP contribution in [0.25, 0.3) is 0 Å². The van der Waals surface area contributed by atoms with Gasteiger partial charge in [-0.25, -0.2) is 0 Å². The van der Waals surface area contributed by atoms with E-state index in [1.807, 2.05) is 29.6 Å². The van der Waals surface area contributed by atoms with E-state index >= 15 is 0 Å². The highest BCUT2D eigenvalue weighted by Gasteiger charge is 2.27. The van der Waals surface area contributed by atoms with Gasteiger partial charge in [0.15, 0.2) is 5.78 Å². The fourth-order valence-electron chi connectivity index (χ4n) is 3.58. The number of hydrogen-bond acceptors (Lipinski definition) is 4. The van der Waals surface area contributed by atoms with Crippen LogP contribution in [0, 0.1) is 0 Å². The molecule has 0 radical (unpaired) electrons. The molecule has 6 heteroatoms. The number of ketones is 1. The number of carbonyl (C=O) groups excluding carboxylic acids is 3. The number of amides is 2. The smallest absolute Gasteiger partial charge is 0.227 e. The molecule has 148 valence electrons. The number of benzene rings is 1. The summed E-state index contributed by atoms with van der Waals surface area (Å²) in [6.07, 6.45) is 2.97. The molecule has 1 aliphatic carbocycles. The van der Waals surface area contributed by atoms with Crippen LogP contribution < -0.4 is 5.32 Å². The summed E-state index contributed by atoms with van der Waals surface area (Å²) < 4.78 is 0. The van der Waals surface area contributed by atoms with Crippen LogP contribution in [0.5, 0.6) is 0 Å². The fraction of sp³-hybridized carbons (Fsp3) is 0.409. The quantitative estimate of drug-likeness (QED) is 0.520. The Kier molecular flexibility index (Phi) is 6.98. The maximum atomic E-state index is 12.4. The number of Topliss-reactive ketones (excluding diaryl/α,β-unsaturated/α-hetero) is 1. The van der Waals surface area contributed by atoms with Crippen molar-refractivity contribution in [3.05, 3.63) is 57.8 Å². The predicted octanol–water partition coefficient (Wildman–Crippen LogP) is 3.41. The second kappa shape index (κ2) is 9.64. The van der Waals surface area contributed by atoms with Gasteiger partial charge in [-0.05, 0) is 41.8 Å². The molecule has 2 amide bonds. The molecule has 1 aromatic heterocycles. The Morgan fingerprint density at radius 3 is 2.75 bits per heavy atom. The van der Waals surface area contributed by atoms with Crippen molar-refractivity contribution >= 4 is 28.9 Å². The van der Waals surface area contributed by atoms with Gasteiger partial charge in [-0.2, -0.15) is 0 Å². The minimum atomic E-state index is -0.0566. The summed E-state index contributed by atoms with van der Waals surface area (Å²) in [5.74, 6) is -0.0129. The monoisotopic (exact) mass is 398 g/mol. The zero-order chi connectivity index (χ0) is 19.9. The second-order valence-electron chi connectivity index (χ2n) is 7.15. The van der Waals surface area contributed by atoms with Crippen molar-refractivity contribution < 1.29 is 14.4 Å².